The Labute approximate surface area is 97.9 Å². The van der Waals surface area contributed by atoms with Crippen molar-refractivity contribution in [2.24, 2.45) is 0 Å². The third kappa shape index (κ3) is 2.55. The molecule has 0 aliphatic heterocycles. The maximum atomic E-state index is 11.6. The number of ketones is 1. The van der Waals surface area contributed by atoms with Gasteiger partial charge < -0.3 is 15.2 Å². The molecule has 4 nitrogen and oxygen atoms in total. The van der Waals surface area contributed by atoms with E-state index >= 15 is 0 Å². The Kier molecular flexibility index (Phi) is 2.96. The smallest absolute Gasteiger partial charge is 0.201 e. The first-order valence-corrected chi connectivity index (χ1v) is 5.04. The molecule has 0 amide bonds. The van der Waals surface area contributed by atoms with Gasteiger partial charge in [-0.2, -0.15) is 0 Å². The number of allylic oxidation sites excluding steroid dienone is 1. The molecule has 2 aromatic rings. The molecular weight excluding hydrogens is 218 g/mol. The third-order valence-corrected chi connectivity index (χ3v) is 2.29. The summed E-state index contributed by atoms with van der Waals surface area (Å²) >= 11 is 0. The van der Waals surface area contributed by atoms with E-state index < -0.39 is 0 Å². The molecule has 2 rings (SSSR count). The van der Waals surface area contributed by atoms with Gasteiger partial charge in [-0.25, -0.2) is 0 Å². The summed E-state index contributed by atoms with van der Waals surface area (Å²) in [4.78, 5) is 14.4. The van der Waals surface area contributed by atoms with Gasteiger partial charge in [0, 0.05) is 11.8 Å². The lowest BCUT2D eigenvalue weighted by Gasteiger charge is -1.99. The molecular formula is C13H11NO3. The lowest BCUT2D eigenvalue weighted by atomic mass is 10.1. The van der Waals surface area contributed by atoms with Crippen molar-refractivity contribution in [1.29, 1.82) is 0 Å². The number of nitrogens with one attached hydrogen (secondary N) is 1. The van der Waals surface area contributed by atoms with Gasteiger partial charge in [0.1, 0.15) is 11.5 Å². The first-order valence-electron chi connectivity index (χ1n) is 5.04. The predicted octanol–water partition coefficient (Wildman–Crippen LogP) is 2.32. The van der Waals surface area contributed by atoms with Gasteiger partial charge in [0.15, 0.2) is 0 Å². The molecule has 0 saturated heterocycles. The first-order chi connectivity index (χ1) is 8.16. The number of aromatic amines is 1. The van der Waals surface area contributed by atoms with Crippen molar-refractivity contribution >= 4 is 11.9 Å². The van der Waals surface area contributed by atoms with E-state index in [1.54, 1.807) is 18.3 Å². The van der Waals surface area contributed by atoms with E-state index in [2.05, 4.69) is 4.98 Å². The van der Waals surface area contributed by atoms with E-state index in [0.29, 0.717) is 11.3 Å². The Hall–Kier alpha value is -2.49. The zero-order chi connectivity index (χ0) is 12.3. The monoisotopic (exact) mass is 229 g/mol. The molecule has 3 N–H and O–H groups in total. The van der Waals surface area contributed by atoms with Crippen LogP contribution in [0, 0.1) is 0 Å². The van der Waals surface area contributed by atoms with Gasteiger partial charge in [-0.1, -0.05) is 0 Å². The van der Waals surface area contributed by atoms with E-state index in [9.17, 15) is 15.0 Å². The fraction of sp³-hybridized carbons (Fsp3) is 0. The minimum absolute atomic E-state index is 0.0123. The van der Waals surface area contributed by atoms with Crippen LogP contribution in [0.1, 0.15) is 16.1 Å². The molecule has 0 bridgehead atoms. The number of carbonyl (C=O) groups is 1. The molecule has 4 heteroatoms. The predicted molar refractivity (Wildman–Crippen MR) is 63.9 cm³/mol. The van der Waals surface area contributed by atoms with Crippen LogP contribution in [0.5, 0.6) is 11.5 Å². The number of hydrogen-bond donors (Lipinski definition) is 3. The van der Waals surface area contributed by atoms with Crippen LogP contribution in [0.2, 0.25) is 0 Å². The standard InChI is InChI=1S/C13H11NO3/c15-10-4-6-12(16)9(8-10)3-5-13(17)11-2-1-7-14-11/h1-8,14-16H/b5-3+. The van der Waals surface area contributed by atoms with Crippen molar-refractivity contribution in [3.63, 3.8) is 0 Å². The summed E-state index contributed by atoms with van der Waals surface area (Å²) in [5.41, 5.74) is 0.866. The molecule has 0 aliphatic carbocycles. The molecule has 0 aliphatic rings. The summed E-state index contributed by atoms with van der Waals surface area (Å²) in [6, 6.07) is 7.52. The maximum absolute atomic E-state index is 11.6. The van der Waals surface area contributed by atoms with Gasteiger partial charge in [0.05, 0.1) is 5.69 Å². The number of aromatic nitrogens is 1. The van der Waals surface area contributed by atoms with Crippen molar-refractivity contribution in [1.82, 2.24) is 4.98 Å². The molecule has 0 atom stereocenters. The number of aromatic hydroxyl groups is 2. The van der Waals surface area contributed by atoms with E-state index in [0.717, 1.165) is 0 Å². The molecule has 1 aromatic heterocycles. The summed E-state index contributed by atoms with van der Waals surface area (Å²) in [5.74, 6) is -0.147. The van der Waals surface area contributed by atoms with Crippen molar-refractivity contribution in [2.45, 2.75) is 0 Å². The Morgan fingerprint density at radius 1 is 1.24 bits per heavy atom. The van der Waals surface area contributed by atoms with Gasteiger partial charge in [-0.05, 0) is 42.5 Å². The van der Waals surface area contributed by atoms with E-state index in [4.69, 9.17) is 0 Å². The van der Waals surface area contributed by atoms with Gasteiger partial charge in [0.2, 0.25) is 5.78 Å². The largest absolute Gasteiger partial charge is 0.508 e. The fourth-order valence-electron chi connectivity index (χ4n) is 1.41. The minimum atomic E-state index is -0.197. The van der Waals surface area contributed by atoms with Crippen molar-refractivity contribution < 1.29 is 15.0 Å². The topological polar surface area (TPSA) is 73.3 Å². The number of carbonyl (C=O) groups excluding carboxylic acids is 1. The summed E-state index contributed by atoms with van der Waals surface area (Å²) < 4.78 is 0. The molecule has 0 radical (unpaired) electrons. The average Bonchev–Trinajstić information content (AvgIpc) is 2.83. The normalized spacial score (nSPS) is 10.8. The molecule has 0 spiro atoms. The highest BCUT2D eigenvalue weighted by molar-refractivity contribution is 6.05. The second kappa shape index (κ2) is 4.57. The van der Waals surface area contributed by atoms with Gasteiger partial charge >= 0.3 is 0 Å². The molecule has 1 heterocycles. The zero-order valence-electron chi connectivity index (χ0n) is 8.92. The van der Waals surface area contributed by atoms with Crippen LogP contribution in [-0.4, -0.2) is 21.0 Å². The van der Waals surface area contributed by atoms with Gasteiger partial charge in [0.25, 0.3) is 0 Å². The van der Waals surface area contributed by atoms with Gasteiger partial charge in [-0.3, -0.25) is 4.79 Å². The van der Waals surface area contributed by atoms with Crippen LogP contribution in [0.15, 0.2) is 42.6 Å². The number of hydrogen-bond acceptors (Lipinski definition) is 3. The van der Waals surface area contributed by atoms with E-state index in [-0.39, 0.29) is 17.3 Å². The van der Waals surface area contributed by atoms with E-state index in [1.807, 2.05) is 0 Å². The average molecular weight is 229 g/mol. The van der Waals surface area contributed by atoms with E-state index in [1.165, 1.54) is 30.4 Å². The number of benzene rings is 1. The Morgan fingerprint density at radius 2 is 2.06 bits per heavy atom. The number of phenolic OH excluding ortho intramolecular Hbond substituents is 2. The Morgan fingerprint density at radius 3 is 2.76 bits per heavy atom. The summed E-state index contributed by atoms with van der Waals surface area (Å²) in [6.45, 7) is 0. The second-order valence-electron chi connectivity index (χ2n) is 3.52. The number of phenols is 2. The number of rotatable bonds is 3. The molecule has 0 fully saturated rings. The first kappa shape index (κ1) is 11.0. The SMILES string of the molecule is O=C(/C=C/c1cc(O)ccc1O)c1ccc[nH]1. The fourth-order valence-corrected chi connectivity index (χ4v) is 1.41. The molecule has 0 saturated carbocycles. The van der Waals surface area contributed by atoms with Crippen LogP contribution < -0.4 is 0 Å². The van der Waals surface area contributed by atoms with Crippen LogP contribution in [0.3, 0.4) is 0 Å². The lowest BCUT2D eigenvalue weighted by Crippen LogP contribution is -1.93. The molecule has 17 heavy (non-hydrogen) atoms. The van der Waals surface area contributed by atoms with Crippen molar-refractivity contribution in [3.05, 3.63) is 53.9 Å². The second-order valence-corrected chi connectivity index (χ2v) is 3.52. The van der Waals surface area contributed by atoms with Crippen LogP contribution in [0.4, 0.5) is 0 Å². The molecule has 86 valence electrons. The molecule has 0 unspecified atom stereocenters. The van der Waals surface area contributed by atoms with Crippen LogP contribution in [0.25, 0.3) is 6.08 Å². The number of H-pyrrole nitrogens is 1. The minimum Gasteiger partial charge on any atom is -0.508 e. The van der Waals surface area contributed by atoms with Crippen LogP contribution in [-0.2, 0) is 0 Å². The summed E-state index contributed by atoms with van der Waals surface area (Å²) in [7, 11) is 0. The lowest BCUT2D eigenvalue weighted by molar-refractivity contribution is 0.104. The van der Waals surface area contributed by atoms with Crippen molar-refractivity contribution in [2.75, 3.05) is 0 Å². The maximum Gasteiger partial charge on any atom is 0.201 e. The zero-order valence-corrected chi connectivity index (χ0v) is 8.92. The van der Waals surface area contributed by atoms with Crippen molar-refractivity contribution in [3.8, 4) is 11.5 Å². The third-order valence-electron chi connectivity index (χ3n) is 2.29. The Bertz CT molecular complexity index is 556. The molecule has 1 aromatic carbocycles. The Balaban J connectivity index is 2.21. The van der Waals surface area contributed by atoms with Gasteiger partial charge in [-0.15, -0.1) is 0 Å². The van der Waals surface area contributed by atoms with Crippen LogP contribution >= 0.6 is 0 Å². The highest BCUT2D eigenvalue weighted by atomic mass is 16.3. The summed E-state index contributed by atoms with van der Waals surface area (Å²) in [6.07, 6.45) is 4.45. The summed E-state index contributed by atoms with van der Waals surface area (Å²) in [5, 5.41) is 18.7. The highest BCUT2D eigenvalue weighted by Gasteiger charge is 2.03. The highest BCUT2D eigenvalue weighted by Crippen LogP contribution is 2.23. The quantitative estimate of drug-likeness (QED) is 0.429.